The Morgan fingerprint density at radius 1 is 1.41 bits per heavy atom. The van der Waals surface area contributed by atoms with Gasteiger partial charge >= 0.3 is 0 Å². The Bertz CT molecular complexity index is 454. The quantitative estimate of drug-likeness (QED) is 0.611. The van der Waals surface area contributed by atoms with Crippen molar-refractivity contribution >= 4 is 0 Å². The molecule has 0 fully saturated rings. The van der Waals surface area contributed by atoms with Crippen molar-refractivity contribution in [3.63, 3.8) is 0 Å². The highest BCUT2D eigenvalue weighted by molar-refractivity contribution is 5.31. The summed E-state index contributed by atoms with van der Waals surface area (Å²) in [5, 5.41) is 0. The van der Waals surface area contributed by atoms with Crippen LogP contribution < -0.4 is 16.0 Å². The summed E-state index contributed by atoms with van der Waals surface area (Å²) >= 11 is 0. The zero-order valence-corrected chi connectivity index (χ0v) is 9.72. The summed E-state index contributed by atoms with van der Waals surface area (Å²) in [5.41, 5.74) is 5.01. The molecule has 90 valence electrons. The maximum Gasteiger partial charge on any atom is 0.119 e. The molecule has 0 saturated heterocycles. The molecule has 0 aliphatic carbocycles. The zero-order valence-electron chi connectivity index (χ0n) is 9.72. The van der Waals surface area contributed by atoms with Gasteiger partial charge in [0.25, 0.3) is 0 Å². The van der Waals surface area contributed by atoms with E-state index in [1.54, 1.807) is 19.6 Å². The zero-order chi connectivity index (χ0) is 12.1. The summed E-state index contributed by atoms with van der Waals surface area (Å²) in [6.07, 6.45) is 4.17. The van der Waals surface area contributed by atoms with E-state index in [-0.39, 0.29) is 6.04 Å². The van der Waals surface area contributed by atoms with E-state index in [4.69, 9.17) is 15.0 Å². The van der Waals surface area contributed by atoms with Crippen molar-refractivity contribution in [2.24, 2.45) is 5.84 Å². The van der Waals surface area contributed by atoms with Crippen LogP contribution in [0.2, 0.25) is 0 Å². The summed E-state index contributed by atoms with van der Waals surface area (Å²) in [7, 11) is 1.65. The number of ether oxygens (including phenoxy) is 1. The minimum Gasteiger partial charge on any atom is -0.497 e. The molecule has 0 aliphatic rings. The predicted octanol–water partition coefficient (Wildman–Crippen LogP) is 2.04. The molecule has 1 aromatic heterocycles. The Balaban J connectivity index is 2.16. The number of hydrogen-bond acceptors (Lipinski definition) is 4. The van der Waals surface area contributed by atoms with Crippen molar-refractivity contribution in [3.8, 4) is 5.75 Å². The van der Waals surface area contributed by atoms with Gasteiger partial charge < -0.3 is 9.15 Å². The van der Waals surface area contributed by atoms with Crippen LogP contribution in [0.4, 0.5) is 0 Å². The largest absolute Gasteiger partial charge is 0.497 e. The Kier molecular flexibility index (Phi) is 3.80. The summed E-state index contributed by atoms with van der Waals surface area (Å²) in [6.45, 7) is 0. The highest BCUT2D eigenvalue weighted by atomic mass is 16.5. The first kappa shape index (κ1) is 11.7. The monoisotopic (exact) mass is 232 g/mol. The standard InChI is InChI=1S/C13H16N2O2/c1-16-12-4-2-3-11(8-12)13(15-14)7-10-5-6-17-9-10/h2-6,8-9,13,15H,7,14H2,1H3. The van der Waals surface area contributed by atoms with E-state index in [9.17, 15) is 0 Å². The average molecular weight is 232 g/mol. The van der Waals surface area contributed by atoms with E-state index < -0.39 is 0 Å². The van der Waals surface area contributed by atoms with Crippen LogP contribution in [0.15, 0.2) is 47.3 Å². The van der Waals surface area contributed by atoms with Crippen LogP contribution in [0, 0.1) is 0 Å². The van der Waals surface area contributed by atoms with Crippen molar-refractivity contribution in [2.45, 2.75) is 12.5 Å². The van der Waals surface area contributed by atoms with Gasteiger partial charge in [0.05, 0.1) is 25.7 Å². The first-order chi connectivity index (χ1) is 8.33. The molecule has 1 atom stereocenters. The van der Waals surface area contributed by atoms with Crippen LogP contribution in [0.3, 0.4) is 0 Å². The Morgan fingerprint density at radius 3 is 2.94 bits per heavy atom. The normalized spacial score (nSPS) is 12.4. The second-order valence-corrected chi connectivity index (χ2v) is 3.83. The topological polar surface area (TPSA) is 60.4 Å². The maximum atomic E-state index is 5.59. The van der Waals surface area contributed by atoms with Crippen LogP contribution in [0.1, 0.15) is 17.2 Å². The predicted molar refractivity (Wildman–Crippen MR) is 65.5 cm³/mol. The first-order valence-corrected chi connectivity index (χ1v) is 5.44. The second kappa shape index (κ2) is 5.52. The van der Waals surface area contributed by atoms with Gasteiger partial charge in [-0.1, -0.05) is 12.1 Å². The molecule has 17 heavy (non-hydrogen) atoms. The van der Waals surface area contributed by atoms with E-state index in [2.05, 4.69) is 5.43 Å². The van der Waals surface area contributed by atoms with Gasteiger partial charge in [-0.05, 0) is 35.7 Å². The minimum absolute atomic E-state index is 0.0442. The van der Waals surface area contributed by atoms with Crippen LogP contribution in [0.25, 0.3) is 0 Å². The van der Waals surface area contributed by atoms with Gasteiger partial charge in [-0.15, -0.1) is 0 Å². The third-order valence-corrected chi connectivity index (χ3v) is 2.72. The molecular formula is C13H16N2O2. The number of hydrogen-bond donors (Lipinski definition) is 2. The van der Waals surface area contributed by atoms with Gasteiger partial charge in [0.2, 0.25) is 0 Å². The molecule has 4 heteroatoms. The molecule has 1 heterocycles. The molecule has 0 spiro atoms. The lowest BCUT2D eigenvalue weighted by Crippen LogP contribution is -2.29. The first-order valence-electron chi connectivity index (χ1n) is 5.44. The van der Waals surface area contributed by atoms with Crippen molar-refractivity contribution in [1.29, 1.82) is 0 Å². The SMILES string of the molecule is COc1cccc(C(Cc2ccoc2)NN)c1. The van der Waals surface area contributed by atoms with Crippen molar-refractivity contribution in [3.05, 3.63) is 54.0 Å². The van der Waals surface area contributed by atoms with E-state index in [1.807, 2.05) is 30.3 Å². The average Bonchev–Trinajstić information content (AvgIpc) is 2.89. The van der Waals surface area contributed by atoms with E-state index in [0.29, 0.717) is 0 Å². The van der Waals surface area contributed by atoms with Crippen LogP contribution in [0.5, 0.6) is 5.75 Å². The van der Waals surface area contributed by atoms with E-state index in [0.717, 1.165) is 23.3 Å². The number of benzene rings is 1. The molecular weight excluding hydrogens is 216 g/mol. The molecule has 0 saturated carbocycles. The molecule has 2 aromatic rings. The summed E-state index contributed by atoms with van der Waals surface area (Å²) in [4.78, 5) is 0. The van der Waals surface area contributed by atoms with Gasteiger partial charge in [0.15, 0.2) is 0 Å². The summed E-state index contributed by atoms with van der Waals surface area (Å²) in [6, 6.07) is 9.84. The molecule has 0 radical (unpaired) electrons. The fourth-order valence-electron chi connectivity index (χ4n) is 1.78. The Morgan fingerprint density at radius 2 is 2.29 bits per heavy atom. The number of nitrogens with one attached hydrogen (secondary N) is 1. The van der Waals surface area contributed by atoms with Gasteiger partial charge in [-0.25, -0.2) is 0 Å². The fourth-order valence-corrected chi connectivity index (χ4v) is 1.78. The molecule has 1 aromatic carbocycles. The van der Waals surface area contributed by atoms with Gasteiger partial charge in [-0.3, -0.25) is 11.3 Å². The number of nitrogens with two attached hydrogens (primary N) is 1. The lowest BCUT2D eigenvalue weighted by Gasteiger charge is -2.16. The fraction of sp³-hybridized carbons (Fsp3) is 0.231. The van der Waals surface area contributed by atoms with Crippen molar-refractivity contribution in [2.75, 3.05) is 7.11 Å². The van der Waals surface area contributed by atoms with Gasteiger partial charge in [-0.2, -0.15) is 0 Å². The lowest BCUT2D eigenvalue weighted by atomic mass is 10.0. The van der Waals surface area contributed by atoms with E-state index in [1.165, 1.54) is 0 Å². The van der Waals surface area contributed by atoms with Crippen LogP contribution >= 0.6 is 0 Å². The maximum absolute atomic E-state index is 5.59. The summed E-state index contributed by atoms with van der Waals surface area (Å²) < 4.78 is 10.2. The van der Waals surface area contributed by atoms with E-state index >= 15 is 0 Å². The minimum atomic E-state index is 0.0442. The number of hydrazine groups is 1. The second-order valence-electron chi connectivity index (χ2n) is 3.83. The highest BCUT2D eigenvalue weighted by Crippen LogP contribution is 2.21. The Hall–Kier alpha value is -1.78. The molecule has 0 bridgehead atoms. The molecule has 1 unspecified atom stereocenters. The summed E-state index contributed by atoms with van der Waals surface area (Å²) in [5.74, 6) is 6.42. The molecule has 0 aliphatic heterocycles. The molecule has 4 nitrogen and oxygen atoms in total. The number of rotatable bonds is 5. The number of furan rings is 1. The third-order valence-electron chi connectivity index (χ3n) is 2.72. The van der Waals surface area contributed by atoms with Crippen molar-refractivity contribution < 1.29 is 9.15 Å². The van der Waals surface area contributed by atoms with Crippen molar-refractivity contribution in [1.82, 2.24) is 5.43 Å². The molecule has 0 amide bonds. The lowest BCUT2D eigenvalue weighted by molar-refractivity contribution is 0.413. The molecule has 3 N–H and O–H groups in total. The number of methoxy groups -OCH3 is 1. The third kappa shape index (κ3) is 2.87. The van der Waals surface area contributed by atoms with Gasteiger partial charge in [0, 0.05) is 0 Å². The Labute approximate surface area is 100 Å². The van der Waals surface area contributed by atoms with Gasteiger partial charge in [0.1, 0.15) is 5.75 Å². The smallest absolute Gasteiger partial charge is 0.119 e. The molecule has 2 rings (SSSR count). The van der Waals surface area contributed by atoms with Crippen LogP contribution in [-0.2, 0) is 6.42 Å². The highest BCUT2D eigenvalue weighted by Gasteiger charge is 2.11. The van der Waals surface area contributed by atoms with Crippen LogP contribution in [-0.4, -0.2) is 7.11 Å².